The number of hydrogen-bond donors (Lipinski definition) is 4. The van der Waals surface area contributed by atoms with Crippen molar-refractivity contribution in [3.63, 3.8) is 0 Å². The predicted molar refractivity (Wildman–Crippen MR) is 86.2 cm³/mol. The Hall–Kier alpha value is -3.03. The molecule has 0 saturated carbocycles. The number of guanidine groups is 1. The number of imide groups is 1. The largest absolute Gasteiger partial charge is 0.508 e. The van der Waals surface area contributed by atoms with E-state index >= 15 is 0 Å². The fourth-order valence-electron chi connectivity index (χ4n) is 2.13. The van der Waals surface area contributed by atoms with Gasteiger partial charge in [-0.05, 0) is 36.6 Å². The number of benzene rings is 1. The zero-order valence-electron chi connectivity index (χ0n) is 12.5. The van der Waals surface area contributed by atoms with Gasteiger partial charge < -0.3 is 21.9 Å². The molecule has 1 aliphatic heterocycles. The number of urea groups is 1. The molecule has 0 radical (unpaired) electrons. The Morgan fingerprint density at radius 1 is 1.30 bits per heavy atom. The molecule has 1 saturated heterocycles. The highest BCUT2D eigenvalue weighted by atomic mass is 16.3. The van der Waals surface area contributed by atoms with Crippen LogP contribution < -0.4 is 16.8 Å². The second-order valence-corrected chi connectivity index (χ2v) is 5.07. The molecule has 1 aliphatic rings. The normalized spacial score (nSPS) is 17.6. The molecule has 8 heteroatoms. The van der Waals surface area contributed by atoms with Crippen LogP contribution in [-0.4, -0.2) is 40.5 Å². The molecule has 1 fully saturated rings. The van der Waals surface area contributed by atoms with Crippen molar-refractivity contribution in [2.24, 2.45) is 16.5 Å². The molecule has 2 rings (SSSR count). The van der Waals surface area contributed by atoms with Crippen LogP contribution in [0.25, 0.3) is 6.08 Å². The molecule has 3 amide bonds. The Balaban J connectivity index is 1.93. The van der Waals surface area contributed by atoms with E-state index < -0.39 is 12.1 Å². The van der Waals surface area contributed by atoms with Gasteiger partial charge in [-0.15, -0.1) is 0 Å². The second-order valence-electron chi connectivity index (χ2n) is 5.07. The molecule has 0 unspecified atom stereocenters. The predicted octanol–water partition coefficient (Wildman–Crippen LogP) is 0.337. The van der Waals surface area contributed by atoms with E-state index in [-0.39, 0.29) is 17.6 Å². The van der Waals surface area contributed by atoms with Gasteiger partial charge in [0.25, 0.3) is 5.91 Å². The van der Waals surface area contributed by atoms with Crippen molar-refractivity contribution in [1.29, 1.82) is 0 Å². The Morgan fingerprint density at radius 2 is 2.00 bits per heavy atom. The maximum Gasteiger partial charge on any atom is 0.328 e. The number of nitrogens with two attached hydrogens (primary N) is 2. The van der Waals surface area contributed by atoms with E-state index in [4.69, 9.17) is 11.5 Å². The van der Waals surface area contributed by atoms with Crippen LogP contribution in [0.4, 0.5) is 4.79 Å². The third-order valence-electron chi connectivity index (χ3n) is 3.31. The lowest BCUT2D eigenvalue weighted by Crippen LogP contribution is -2.29. The van der Waals surface area contributed by atoms with Crippen molar-refractivity contribution in [3.8, 4) is 5.75 Å². The molecule has 23 heavy (non-hydrogen) atoms. The van der Waals surface area contributed by atoms with E-state index in [1.54, 1.807) is 18.2 Å². The number of nitrogens with zero attached hydrogens (tertiary/aromatic N) is 2. The van der Waals surface area contributed by atoms with Gasteiger partial charge in [0.1, 0.15) is 11.8 Å². The van der Waals surface area contributed by atoms with Crippen LogP contribution in [0.1, 0.15) is 18.4 Å². The molecular weight excluding hydrogens is 298 g/mol. The molecule has 0 aromatic heterocycles. The average molecular weight is 317 g/mol. The Kier molecular flexibility index (Phi) is 5.19. The Labute approximate surface area is 133 Å². The van der Waals surface area contributed by atoms with Gasteiger partial charge in [0.05, 0.1) is 0 Å². The summed E-state index contributed by atoms with van der Waals surface area (Å²) < 4.78 is 0. The topological polar surface area (TPSA) is 134 Å². The average Bonchev–Trinajstić information content (AvgIpc) is 2.77. The first-order valence-electron chi connectivity index (χ1n) is 7.13. The highest BCUT2D eigenvalue weighted by Crippen LogP contribution is 2.15. The summed E-state index contributed by atoms with van der Waals surface area (Å²) in [4.78, 5) is 28.9. The number of rotatable bonds is 6. The number of amides is 3. The zero-order chi connectivity index (χ0) is 16.8. The molecular formula is C15H19N5O3. The standard InChI is InChI=1S/C15H19N5O3/c16-14(17)18-8-1-2-12-13(22)20(15(23)19-12)9-7-10-3-5-11(21)6-4-10/h3-7,9,12,21H,1-2,8H2,(H,19,23)(H4,16,17,18)/t12-/m0/s1. The summed E-state index contributed by atoms with van der Waals surface area (Å²) in [7, 11) is 0. The second kappa shape index (κ2) is 7.30. The van der Waals surface area contributed by atoms with E-state index in [1.165, 1.54) is 18.3 Å². The molecule has 8 nitrogen and oxygen atoms in total. The van der Waals surface area contributed by atoms with Gasteiger partial charge in [-0.2, -0.15) is 0 Å². The fraction of sp³-hybridized carbons (Fsp3) is 0.267. The van der Waals surface area contributed by atoms with Crippen LogP contribution in [-0.2, 0) is 4.79 Å². The quantitative estimate of drug-likeness (QED) is 0.260. The van der Waals surface area contributed by atoms with E-state index in [2.05, 4.69) is 10.3 Å². The molecule has 1 aromatic rings. The van der Waals surface area contributed by atoms with Crippen molar-refractivity contribution >= 4 is 24.0 Å². The fourth-order valence-corrected chi connectivity index (χ4v) is 2.13. The molecule has 0 spiro atoms. The molecule has 1 atom stereocenters. The van der Waals surface area contributed by atoms with Gasteiger partial charge in [-0.3, -0.25) is 9.79 Å². The summed E-state index contributed by atoms with van der Waals surface area (Å²) in [6.07, 6.45) is 4.09. The Bertz CT molecular complexity index is 635. The maximum atomic E-state index is 12.2. The number of aromatic hydroxyl groups is 1. The van der Waals surface area contributed by atoms with Crippen molar-refractivity contribution in [2.75, 3.05) is 6.54 Å². The van der Waals surface area contributed by atoms with Crippen molar-refractivity contribution in [1.82, 2.24) is 10.2 Å². The molecule has 1 aromatic carbocycles. The van der Waals surface area contributed by atoms with E-state index in [0.29, 0.717) is 19.4 Å². The van der Waals surface area contributed by atoms with Crippen molar-refractivity contribution in [3.05, 3.63) is 36.0 Å². The number of nitrogens with one attached hydrogen (secondary N) is 1. The first-order valence-corrected chi connectivity index (χ1v) is 7.13. The lowest BCUT2D eigenvalue weighted by Gasteiger charge is -2.07. The summed E-state index contributed by atoms with van der Waals surface area (Å²) >= 11 is 0. The minimum atomic E-state index is -0.568. The lowest BCUT2D eigenvalue weighted by atomic mass is 10.1. The third-order valence-corrected chi connectivity index (χ3v) is 3.31. The van der Waals surface area contributed by atoms with Gasteiger partial charge in [-0.25, -0.2) is 9.69 Å². The molecule has 6 N–H and O–H groups in total. The molecule has 0 bridgehead atoms. The minimum absolute atomic E-state index is 0.00485. The summed E-state index contributed by atoms with van der Waals surface area (Å²) in [5.74, 6) is -0.155. The number of hydrogen-bond acceptors (Lipinski definition) is 4. The van der Waals surface area contributed by atoms with Gasteiger partial charge in [0.2, 0.25) is 0 Å². The van der Waals surface area contributed by atoms with Crippen LogP contribution in [0, 0.1) is 0 Å². The number of aliphatic imine (C=N–C) groups is 1. The van der Waals surface area contributed by atoms with Crippen molar-refractivity contribution < 1.29 is 14.7 Å². The molecule has 122 valence electrons. The smallest absolute Gasteiger partial charge is 0.328 e. The Morgan fingerprint density at radius 3 is 2.65 bits per heavy atom. The van der Waals surface area contributed by atoms with Gasteiger partial charge in [0.15, 0.2) is 5.96 Å². The van der Waals surface area contributed by atoms with Crippen molar-refractivity contribution in [2.45, 2.75) is 18.9 Å². The maximum absolute atomic E-state index is 12.2. The van der Waals surface area contributed by atoms with Crippen LogP contribution in [0.2, 0.25) is 0 Å². The monoisotopic (exact) mass is 317 g/mol. The minimum Gasteiger partial charge on any atom is -0.508 e. The number of carbonyl (C=O) groups excluding carboxylic acids is 2. The summed E-state index contributed by atoms with van der Waals surface area (Å²) in [5.41, 5.74) is 11.2. The molecule has 1 heterocycles. The van der Waals surface area contributed by atoms with Crippen LogP contribution in [0.3, 0.4) is 0 Å². The van der Waals surface area contributed by atoms with Gasteiger partial charge in [0, 0.05) is 12.7 Å². The number of phenolic OH excluding ortho intramolecular Hbond substituents is 1. The van der Waals surface area contributed by atoms with E-state index in [0.717, 1.165) is 10.5 Å². The summed E-state index contributed by atoms with van der Waals surface area (Å²) in [6, 6.07) is 5.38. The third kappa shape index (κ3) is 4.47. The first-order chi connectivity index (χ1) is 11.0. The summed E-state index contributed by atoms with van der Waals surface area (Å²) in [6.45, 7) is 0.408. The SMILES string of the molecule is NC(N)=NCCC[C@@H]1NC(=O)N(C=Cc2ccc(O)cc2)C1=O. The van der Waals surface area contributed by atoms with Crippen LogP contribution >= 0.6 is 0 Å². The zero-order valence-corrected chi connectivity index (χ0v) is 12.5. The van der Waals surface area contributed by atoms with Gasteiger partial charge in [-0.1, -0.05) is 12.1 Å². The van der Waals surface area contributed by atoms with E-state index in [1.807, 2.05) is 0 Å². The number of carbonyl (C=O) groups is 2. The highest BCUT2D eigenvalue weighted by molar-refractivity contribution is 6.05. The van der Waals surface area contributed by atoms with Crippen LogP contribution in [0.15, 0.2) is 35.5 Å². The summed E-state index contributed by atoms with van der Waals surface area (Å²) in [5, 5.41) is 11.8. The number of phenols is 1. The molecule has 0 aliphatic carbocycles. The van der Waals surface area contributed by atoms with Gasteiger partial charge >= 0.3 is 6.03 Å². The highest BCUT2D eigenvalue weighted by Gasteiger charge is 2.36. The van der Waals surface area contributed by atoms with E-state index in [9.17, 15) is 14.7 Å². The van der Waals surface area contributed by atoms with Crippen LogP contribution in [0.5, 0.6) is 5.75 Å². The first kappa shape index (κ1) is 16.3. The lowest BCUT2D eigenvalue weighted by molar-refractivity contribution is -0.125.